The monoisotopic (exact) mass is 638 g/mol. The fraction of sp³-hybridized carbons (Fsp3) is 0.133. The lowest BCUT2D eigenvalue weighted by molar-refractivity contribution is 0.102. The first-order valence-corrected chi connectivity index (χ1v) is 13.2. The second-order valence-electron chi connectivity index (χ2n) is 7.94. The second kappa shape index (κ2) is 13.8. The average Bonchev–Trinajstić information content (AvgIpc) is 2.96. The van der Waals surface area contributed by atoms with Crippen LogP contribution in [0.25, 0.3) is 0 Å². The molecule has 2 N–H and O–H groups in total. The molecule has 8 heteroatoms. The molecule has 0 fully saturated rings. The quantitative estimate of drug-likeness (QED) is 0.195. The van der Waals surface area contributed by atoms with Crippen molar-refractivity contribution in [1.82, 2.24) is 0 Å². The Labute approximate surface area is 239 Å². The summed E-state index contributed by atoms with van der Waals surface area (Å²) < 4.78 is 12.2. The van der Waals surface area contributed by atoms with Gasteiger partial charge < -0.3 is 20.1 Å². The minimum absolute atomic E-state index is 0.0666. The molecule has 0 saturated carbocycles. The van der Waals surface area contributed by atoms with Crippen LogP contribution < -0.4 is 20.1 Å². The Hall–Kier alpha value is -3.62. The summed E-state index contributed by atoms with van der Waals surface area (Å²) in [5.74, 6) is 1.02. The van der Waals surface area contributed by atoms with Crippen molar-refractivity contribution in [1.29, 1.82) is 0 Å². The number of benzene rings is 4. The SMILES string of the molecule is CNc1ccc(Br)cc1C(=O)c1ccccc1OC.CNc1ccc(Br)cc1C(=O)c1ccccc1OC. The van der Waals surface area contributed by atoms with Crippen molar-refractivity contribution in [2.24, 2.45) is 0 Å². The van der Waals surface area contributed by atoms with Crippen LogP contribution in [0.15, 0.2) is 93.9 Å². The molecule has 6 nitrogen and oxygen atoms in total. The van der Waals surface area contributed by atoms with Crippen molar-refractivity contribution < 1.29 is 19.1 Å². The number of halogens is 2. The second-order valence-corrected chi connectivity index (χ2v) is 9.77. The summed E-state index contributed by atoms with van der Waals surface area (Å²) in [6, 6.07) is 25.6. The van der Waals surface area contributed by atoms with E-state index in [0.29, 0.717) is 33.8 Å². The summed E-state index contributed by atoms with van der Waals surface area (Å²) in [5, 5.41) is 6.06. The van der Waals surface area contributed by atoms with Crippen molar-refractivity contribution in [2.75, 3.05) is 38.9 Å². The van der Waals surface area contributed by atoms with Crippen LogP contribution in [0.1, 0.15) is 31.8 Å². The first-order chi connectivity index (χ1) is 18.3. The lowest BCUT2D eigenvalue weighted by Gasteiger charge is -2.11. The minimum atomic E-state index is -0.0666. The first-order valence-electron chi connectivity index (χ1n) is 11.6. The zero-order valence-corrected chi connectivity index (χ0v) is 24.6. The van der Waals surface area contributed by atoms with E-state index in [2.05, 4.69) is 42.5 Å². The summed E-state index contributed by atoms with van der Waals surface area (Å²) in [4.78, 5) is 25.2. The number of anilines is 2. The largest absolute Gasteiger partial charge is 0.496 e. The van der Waals surface area contributed by atoms with Crippen molar-refractivity contribution in [3.63, 3.8) is 0 Å². The molecule has 0 amide bonds. The van der Waals surface area contributed by atoms with Gasteiger partial charge in [0.1, 0.15) is 11.5 Å². The molecule has 0 aliphatic rings. The highest BCUT2D eigenvalue weighted by Crippen LogP contribution is 2.28. The highest BCUT2D eigenvalue weighted by atomic mass is 79.9. The predicted molar refractivity (Wildman–Crippen MR) is 160 cm³/mol. The van der Waals surface area contributed by atoms with Gasteiger partial charge in [0.15, 0.2) is 11.6 Å². The van der Waals surface area contributed by atoms with E-state index in [1.54, 1.807) is 64.7 Å². The molecule has 38 heavy (non-hydrogen) atoms. The molecule has 4 rings (SSSR count). The van der Waals surface area contributed by atoms with Crippen LogP contribution in [-0.2, 0) is 0 Å². The molecule has 0 unspecified atom stereocenters. The van der Waals surface area contributed by atoms with Gasteiger partial charge in [0.2, 0.25) is 0 Å². The standard InChI is InChI=1S/2C15H14BrNO2/c2*1-17-13-8-7-10(16)9-12(13)15(18)11-5-3-4-6-14(11)19-2/h2*3-9,17H,1-2H3. The molecule has 4 aromatic rings. The van der Waals surface area contributed by atoms with Crippen molar-refractivity contribution in [3.05, 3.63) is 116 Å². The van der Waals surface area contributed by atoms with E-state index in [4.69, 9.17) is 9.47 Å². The van der Waals surface area contributed by atoms with Crippen LogP contribution in [0, 0.1) is 0 Å². The molecular formula is C30H28Br2N2O4. The number of nitrogens with one attached hydrogen (secondary N) is 2. The van der Waals surface area contributed by atoms with Gasteiger partial charge >= 0.3 is 0 Å². The summed E-state index contributed by atoms with van der Waals surface area (Å²) in [5.41, 5.74) is 3.92. The maximum atomic E-state index is 12.6. The zero-order chi connectivity index (χ0) is 27.7. The van der Waals surface area contributed by atoms with Crippen molar-refractivity contribution in [2.45, 2.75) is 0 Å². The highest BCUT2D eigenvalue weighted by Gasteiger charge is 2.18. The predicted octanol–water partition coefficient (Wildman–Crippen LogP) is 7.46. The molecular weight excluding hydrogens is 612 g/mol. The molecule has 0 saturated heterocycles. The number of ether oxygens (including phenoxy) is 2. The van der Waals surface area contributed by atoms with E-state index in [1.165, 1.54) is 0 Å². The van der Waals surface area contributed by atoms with E-state index in [0.717, 1.165) is 20.3 Å². The van der Waals surface area contributed by atoms with Gasteiger partial charge in [-0.2, -0.15) is 0 Å². The van der Waals surface area contributed by atoms with Gasteiger partial charge in [-0.3, -0.25) is 9.59 Å². The summed E-state index contributed by atoms with van der Waals surface area (Å²) in [7, 11) is 6.71. The molecule has 0 aliphatic carbocycles. The number of ketones is 2. The summed E-state index contributed by atoms with van der Waals surface area (Å²) in [6.07, 6.45) is 0. The zero-order valence-electron chi connectivity index (χ0n) is 21.5. The van der Waals surface area contributed by atoms with E-state index < -0.39 is 0 Å². The maximum Gasteiger partial charge on any atom is 0.198 e. The molecule has 196 valence electrons. The number of carbonyl (C=O) groups excluding carboxylic acids is 2. The van der Waals surface area contributed by atoms with Crippen LogP contribution in [0.2, 0.25) is 0 Å². The Bertz CT molecular complexity index is 1330. The third kappa shape index (κ3) is 6.82. The average molecular weight is 640 g/mol. The number of methoxy groups -OCH3 is 2. The first kappa shape index (κ1) is 28.9. The molecule has 0 spiro atoms. The fourth-order valence-corrected chi connectivity index (χ4v) is 4.52. The van der Waals surface area contributed by atoms with E-state index in [9.17, 15) is 9.59 Å². The minimum Gasteiger partial charge on any atom is -0.496 e. The number of hydrogen-bond donors (Lipinski definition) is 2. The van der Waals surface area contributed by atoms with Crippen LogP contribution >= 0.6 is 31.9 Å². The lowest BCUT2D eigenvalue weighted by Crippen LogP contribution is -2.07. The van der Waals surface area contributed by atoms with Gasteiger partial charge in [0.05, 0.1) is 25.3 Å². The molecule has 0 atom stereocenters. The molecule has 4 aromatic carbocycles. The van der Waals surface area contributed by atoms with E-state index in [-0.39, 0.29) is 11.6 Å². The lowest BCUT2D eigenvalue weighted by atomic mass is 10.0. The number of rotatable bonds is 8. The van der Waals surface area contributed by atoms with Crippen molar-refractivity contribution in [3.8, 4) is 11.5 Å². The van der Waals surface area contributed by atoms with Crippen LogP contribution in [0.4, 0.5) is 11.4 Å². The number of para-hydroxylation sites is 2. The number of hydrogen-bond acceptors (Lipinski definition) is 6. The Kier molecular flexibility index (Phi) is 10.5. The van der Waals surface area contributed by atoms with Crippen LogP contribution in [0.5, 0.6) is 11.5 Å². The van der Waals surface area contributed by atoms with Gasteiger partial charge in [-0.15, -0.1) is 0 Å². The van der Waals surface area contributed by atoms with Crippen molar-refractivity contribution >= 4 is 54.8 Å². The molecule has 0 heterocycles. The molecule has 0 aliphatic heterocycles. The fourth-order valence-electron chi connectivity index (χ4n) is 3.80. The molecule has 0 aromatic heterocycles. The van der Waals surface area contributed by atoms with Gasteiger partial charge in [0, 0.05) is 45.5 Å². The van der Waals surface area contributed by atoms with Gasteiger partial charge in [-0.05, 0) is 60.7 Å². The van der Waals surface area contributed by atoms with Crippen LogP contribution in [0.3, 0.4) is 0 Å². The highest BCUT2D eigenvalue weighted by molar-refractivity contribution is 9.10. The normalized spacial score (nSPS) is 10.1. The topological polar surface area (TPSA) is 76.7 Å². The summed E-state index contributed by atoms with van der Waals surface area (Å²) in [6.45, 7) is 0. The third-order valence-electron chi connectivity index (χ3n) is 5.69. The Morgan fingerprint density at radius 2 is 0.947 bits per heavy atom. The smallest absolute Gasteiger partial charge is 0.198 e. The summed E-state index contributed by atoms with van der Waals surface area (Å²) >= 11 is 6.78. The Morgan fingerprint density at radius 3 is 1.29 bits per heavy atom. The van der Waals surface area contributed by atoms with Gasteiger partial charge in [0.25, 0.3) is 0 Å². The molecule has 0 radical (unpaired) electrons. The molecule has 0 bridgehead atoms. The Balaban J connectivity index is 0.000000211. The van der Waals surface area contributed by atoms with Crippen LogP contribution in [-0.4, -0.2) is 39.9 Å². The third-order valence-corrected chi connectivity index (χ3v) is 6.68. The number of carbonyl (C=O) groups is 2. The maximum absolute atomic E-state index is 12.6. The van der Waals surface area contributed by atoms with E-state index in [1.807, 2.05) is 48.5 Å². The Morgan fingerprint density at radius 1 is 0.579 bits per heavy atom. The van der Waals surface area contributed by atoms with Gasteiger partial charge in [-0.25, -0.2) is 0 Å². The van der Waals surface area contributed by atoms with Gasteiger partial charge in [-0.1, -0.05) is 56.1 Å². The van der Waals surface area contributed by atoms with E-state index >= 15 is 0 Å².